The van der Waals surface area contributed by atoms with E-state index in [1.807, 2.05) is 19.1 Å². The molecular weight excluding hydrogens is 388 g/mol. The summed E-state index contributed by atoms with van der Waals surface area (Å²) in [5.74, 6) is 0.191. The number of rotatable bonds is 7. The molecule has 0 fully saturated rings. The van der Waals surface area contributed by atoms with Crippen molar-refractivity contribution in [1.82, 2.24) is 5.32 Å². The van der Waals surface area contributed by atoms with E-state index in [1.54, 1.807) is 37.4 Å². The molecule has 2 N–H and O–H groups in total. The van der Waals surface area contributed by atoms with Crippen LogP contribution < -0.4 is 21.0 Å². The van der Waals surface area contributed by atoms with Crippen molar-refractivity contribution >= 4 is 28.7 Å². The third-order valence-corrected chi connectivity index (χ3v) is 4.34. The third-order valence-electron chi connectivity index (χ3n) is 4.34. The number of carbonyl (C=O) groups is 2. The van der Waals surface area contributed by atoms with Crippen molar-refractivity contribution in [3.8, 4) is 5.75 Å². The highest BCUT2D eigenvalue weighted by molar-refractivity contribution is 5.89. The minimum atomic E-state index is -0.504. The van der Waals surface area contributed by atoms with Gasteiger partial charge in [0.25, 0.3) is 0 Å². The van der Waals surface area contributed by atoms with Gasteiger partial charge in [0.15, 0.2) is 0 Å². The van der Waals surface area contributed by atoms with E-state index >= 15 is 0 Å². The van der Waals surface area contributed by atoms with Gasteiger partial charge in [-0.2, -0.15) is 0 Å². The molecule has 0 aliphatic heterocycles. The second kappa shape index (κ2) is 9.60. The summed E-state index contributed by atoms with van der Waals surface area (Å²) in [6, 6.07) is 13.2. The fourth-order valence-electron chi connectivity index (χ4n) is 2.81. The first-order valence-electron chi connectivity index (χ1n) is 9.32. The zero-order valence-corrected chi connectivity index (χ0v) is 16.7. The van der Waals surface area contributed by atoms with Crippen molar-refractivity contribution < 1.29 is 23.5 Å². The predicted octanol–water partition coefficient (Wildman–Crippen LogP) is 3.37. The number of benzene rings is 2. The number of hydrogen-bond acceptors (Lipinski definition) is 6. The number of carbonyl (C=O) groups excluding carboxylic acids is 2. The molecule has 0 aliphatic carbocycles. The Labute approximate surface area is 172 Å². The second-order valence-corrected chi connectivity index (χ2v) is 6.61. The summed E-state index contributed by atoms with van der Waals surface area (Å²) < 4.78 is 15.5. The number of urea groups is 1. The van der Waals surface area contributed by atoms with Crippen LogP contribution in [0.2, 0.25) is 0 Å². The Morgan fingerprint density at radius 3 is 2.57 bits per heavy atom. The lowest BCUT2D eigenvalue weighted by molar-refractivity contribution is -0.144. The fraction of sp³-hybridized carbons (Fsp3) is 0.227. The molecule has 0 saturated heterocycles. The Kier molecular flexibility index (Phi) is 6.69. The van der Waals surface area contributed by atoms with Crippen molar-refractivity contribution in [3.05, 3.63) is 70.1 Å². The molecule has 0 bridgehead atoms. The number of amides is 2. The minimum absolute atomic E-state index is 0.00544. The summed E-state index contributed by atoms with van der Waals surface area (Å²) in [5, 5.41) is 5.95. The van der Waals surface area contributed by atoms with Gasteiger partial charge >= 0.3 is 17.6 Å². The molecular formula is C22H22N2O6. The number of hydrogen-bond donors (Lipinski definition) is 2. The monoisotopic (exact) mass is 410 g/mol. The van der Waals surface area contributed by atoms with Crippen LogP contribution in [-0.4, -0.2) is 25.7 Å². The minimum Gasteiger partial charge on any atom is -0.497 e. The molecule has 2 aromatic carbocycles. The third kappa shape index (κ3) is 5.60. The van der Waals surface area contributed by atoms with Gasteiger partial charge < -0.3 is 24.5 Å². The molecule has 0 unspecified atom stereocenters. The van der Waals surface area contributed by atoms with Crippen molar-refractivity contribution in [2.24, 2.45) is 0 Å². The highest BCUT2D eigenvalue weighted by atomic mass is 16.5. The van der Waals surface area contributed by atoms with Crippen LogP contribution in [-0.2, 0) is 16.1 Å². The van der Waals surface area contributed by atoms with Crippen LogP contribution in [0.4, 0.5) is 10.5 Å². The first-order chi connectivity index (χ1) is 14.4. The normalized spacial score (nSPS) is 10.5. The Hall–Kier alpha value is -3.81. The zero-order valence-electron chi connectivity index (χ0n) is 16.7. The van der Waals surface area contributed by atoms with E-state index in [0.717, 1.165) is 5.56 Å². The number of aryl methyl sites for hydroxylation is 1. The second-order valence-electron chi connectivity index (χ2n) is 6.61. The first-order valence-corrected chi connectivity index (χ1v) is 9.32. The molecule has 8 heteroatoms. The van der Waals surface area contributed by atoms with Crippen molar-refractivity contribution in [1.29, 1.82) is 0 Å². The topological polar surface area (TPSA) is 107 Å². The van der Waals surface area contributed by atoms with E-state index in [9.17, 15) is 14.4 Å². The molecule has 2 amide bonds. The molecule has 8 nitrogen and oxygen atoms in total. The van der Waals surface area contributed by atoms with Crippen molar-refractivity contribution in [2.75, 3.05) is 19.0 Å². The molecule has 3 aromatic rings. The lowest BCUT2D eigenvalue weighted by Crippen LogP contribution is -2.30. The number of anilines is 1. The Bertz CT molecular complexity index is 1100. The van der Waals surface area contributed by atoms with Crippen LogP contribution in [0.3, 0.4) is 0 Å². The van der Waals surface area contributed by atoms with Gasteiger partial charge in [0, 0.05) is 29.2 Å². The van der Waals surface area contributed by atoms with Gasteiger partial charge in [-0.15, -0.1) is 0 Å². The molecule has 1 aromatic heterocycles. The molecule has 0 atom stereocenters. The molecule has 0 aliphatic rings. The maximum absolute atomic E-state index is 12.0. The molecule has 1 heterocycles. The highest BCUT2D eigenvalue weighted by Crippen LogP contribution is 2.19. The summed E-state index contributed by atoms with van der Waals surface area (Å²) in [6.45, 7) is 1.95. The molecule has 0 radical (unpaired) electrons. The molecule has 3 rings (SSSR count). The maximum Gasteiger partial charge on any atom is 0.336 e. The number of esters is 1. The van der Waals surface area contributed by atoms with Gasteiger partial charge in [-0.05, 0) is 42.8 Å². The van der Waals surface area contributed by atoms with E-state index in [0.29, 0.717) is 28.0 Å². The average molecular weight is 410 g/mol. The highest BCUT2D eigenvalue weighted by Gasteiger charge is 2.10. The largest absolute Gasteiger partial charge is 0.497 e. The average Bonchev–Trinajstić information content (AvgIpc) is 2.72. The van der Waals surface area contributed by atoms with Gasteiger partial charge in [-0.1, -0.05) is 12.1 Å². The number of nitrogens with one attached hydrogen (secondary N) is 2. The van der Waals surface area contributed by atoms with Gasteiger partial charge in [0.05, 0.1) is 13.5 Å². The molecule has 30 heavy (non-hydrogen) atoms. The van der Waals surface area contributed by atoms with Crippen LogP contribution in [0.25, 0.3) is 11.0 Å². The summed E-state index contributed by atoms with van der Waals surface area (Å²) in [5.41, 5.74) is 2.07. The van der Waals surface area contributed by atoms with E-state index < -0.39 is 17.6 Å². The van der Waals surface area contributed by atoms with Gasteiger partial charge in [-0.3, -0.25) is 4.79 Å². The van der Waals surface area contributed by atoms with Gasteiger partial charge in [0.2, 0.25) is 0 Å². The quantitative estimate of drug-likeness (QED) is 0.457. The summed E-state index contributed by atoms with van der Waals surface area (Å²) in [7, 11) is 1.56. The van der Waals surface area contributed by atoms with E-state index in [-0.39, 0.29) is 19.6 Å². The molecule has 156 valence electrons. The number of methoxy groups -OCH3 is 1. The Morgan fingerprint density at radius 1 is 1.07 bits per heavy atom. The Balaban J connectivity index is 1.46. The van der Waals surface area contributed by atoms with Crippen molar-refractivity contribution in [3.63, 3.8) is 0 Å². The fourth-order valence-corrected chi connectivity index (χ4v) is 2.81. The van der Waals surface area contributed by atoms with E-state index in [2.05, 4.69) is 10.6 Å². The number of ether oxygens (including phenoxy) is 2. The smallest absolute Gasteiger partial charge is 0.336 e. The number of fused-ring (bicyclic) bond motifs is 1. The van der Waals surface area contributed by atoms with Crippen LogP contribution in [0.1, 0.15) is 17.5 Å². The van der Waals surface area contributed by atoms with Gasteiger partial charge in [-0.25, -0.2) is 9.59 Å². The molecule has 0 spiro atoms. The summed E-state index contributed by atoms with van der Waals surface area (Å²) in [6.07, 6.45) is -0.00544. The first kappa shape index (κ1) is 20.9. The standard InChI is InChI=1S/C22H22N2O6/c1-14-3-8-18-15(12-21(26)30-19(18)11-14)13-29-20(25)9-10-23-22(27)24-16-4-6-17(28-2)7-5-16/h3-8,11-12H,9-10,13H2,1-2H3,(H2,23,24,27). The van der Waals surface area contributed by atoms with Crippen LogP contribution in [0.5, 0.6) is 5.75 Å². The van der Waals surface area contributed by atoms with E-state index in [1.165, 1.54) is 6.07 Å². The van der Waals surface area contributed by atoms with Crippen LogP contribution in [0.15, 0.2) is 57.7 Å². The zero-order chi connectivity index (χ0) is 21.5. The van der Waals surface area contributed by atoms with Crippen LogP contribution >= 0.6 is 0 Å². The summed E-state index contributed by atoms with van der Waals surface area (Å²) >= 11 is 0. The van der Waals surface area contributed by atoms with E-state index in [4.69, 9.17) is 13.9 Å². The maximum atomic E-state index is 12.0. The SMILES string of the molecule is COc1ccc(NC(=O)NCCC(=O)OCc2cc(=O)oc3cc(C)ccc23)cc1. The Morgan fingerprint density at radius 2 is 1.83 bits per heavy atom. The summed E-state index contributed by atoms with van der Waals surface area (Å²) in [4.78, 5) is 35.6. The van der Waals surface area contributed by atoms with Crippen LogP contribution in [0, 0.1) is 6.92 Å². The predicted molar refractivity (Wildman–Crippen MR) is 112 cm³/mol. The van der Waals surface area contributed by atoms with Crippen molar-refractivity contribution in [2.45, 2.75) is 20.0 Å². The van der Waals surface area contributed by atoms with Gasteiger partial charge in [0.1, 0.15) is 17.9 Å². The lowest BCUT2D eigenvalue weighted by Gasteiger charge is -2.09. The molecule has 0 saturated carbocycles. The lowest BCUT2D eigenvalue weighted by atomic mass is 10.1.